The summed E-state index contributed by atoms with van der Waals surface area (Å²) in [6.07, 6.45) is 4.58. The van der Waals surface area contributed by atoms with Crippen molar-refractivity contribution in [3.8, 4) is 11.3 Å². The van der Waals surface area contributed by atoms with Crippen molar-refractivity contribution in [3.63, 3.8) is 0 Å². The van der Waals surface area contributed by atoms with Crippen molar-refractivity contribution in [2.45, 2.75) is 38.8 Å². The lowest BCUT2D eigenvalue weighted by atomic mass is 10.0. The quantitative estimate of drug-likeness (QED) is 0.328. The predicted octanol–water partition coefficient (Wildman–Crippen LogP) is 2.64. The molecule has 2 aromatic heterocycles. The molecule has 4 rings (SSSR count). The van der Waals surface area contributed by atoms with E-state index in [2.05, 4.69) is 30.5 Å². The minimum atomic E-state index is -0.634. The summed E-state index contributed by atoms with van der Waals surface area (Å²) >= 11 is 0. The Morgan fingerprint density at radius 2 is 1.88 bits per heavy atom. The molecular formula is C28H35N7O5. The molecule has 0 spiro atoms. The second-order valence-electron chi connectivity index (χ2n) is 10.4. The highest BCUT2D eigenvalue weighted by Gasteiger charge is 2.21. The maximum absolute atomic E-state index is 13.2. The fourth-order valence-electron chi connectivity index (χ4n) is 4.18. The van der Waals surface area contributed by atoms with E-state index in [9.17, 15) is 14.7 Å². The normalized spacial score (nSPS) is 14.3. The van der Waals surface area contributed by atoms with E-state index in [-0.39, 0.29) is 18.1 Å². The second-order valence-corrected chi connectivity index (χ2v) is 10.4. The number of anilines is 3. The summed E-state index contributed by atoms with van der Waals surface area (Å²) in [7, 11) is 0. The molecule has 1 saturated heterocycles. The molecule has 2 amide bonds. The van der Waals surface area contributed by atoms with Crippen LogP contribution in [0.5, 0.6) is 0 Å². The van der Waals surface area contributed by atoms with E-state index in [1.165, 1.54) is 6.20 Å². The van der Waals surface area contributed by atoms with Crippen LogP contribution in [0.4, 0.5) is 22.0 Å². The lowest BCUT2D eigenvalue weighted by molar-refractivity contribution is 0.0482. The van der Waals surface area contributed by atoms with Gasteiger partial charge in [0.25, 0.3) is 5.91 Å². The number of nitrogens with zero attached hydrogens (tertiary/aromatic N) is 4. The number of pyridine rings is 1. The van der Waals surface area contributed by atoms with Gasteiger partial charge in [-0.1, -0.05) is 24.3 Å². The number of carbonyl (C=O) groups is 2. The predicted molar refractivity (Wildman–Crippen MR) is 151 cm³/mol. The summed E-state index contributed by atoms with van der Waals surface area (Å²) in [6, 6.07) is 8.71. The lowest BCUT2D eigenvalue weighted by Crippen LogP contribution is -2.42. The van der Waals surface area contributed by atoms with Crippen LogP contribution in [0.25, 0.3) is 11.3 Å². The number of aromatic nitrogens is 3. The lowest BCUT2D eigenvalue weighted by Gasteiger charge is -2.30. The Hall–Kier alpha value is -4.29. The highest BCUT2D eigenvalue weighted by Crippen LogP contribution is 2.27. The van der Waals surface area contributed by atoms with Crippen molar-refractivity contribution in [2.24, 2.45) is 0 Å². The maximum Gasteiger partial charge on any atom is 0.407 e. The van der Waals surface area contributed by atoms with E-state index in [1.54, 1.807) is 33.2 Å². The number of aliphatic hydroxyl groups is 1. The van der Waals surface area contributed by atoms with Crippen LogP contribution in [0.15, 0.2) is 48.9 Å². The zero-order valence-electron chi connectivity index (χ0n) is 22.9. The summed E-state index contributed by atoms with van der Waals surface area (Å²) in [5, 5.41) is 15.3. The van der Waals surface area contributed by atoms with E-state index in [4.69, 9.17) is 15.2 Å². The van der Waals surface area contributed by atoms with E-state index >= 15 is 0 Å². The minimum absolute atomic E-state index is 0.000243. The van der Waals surface area contributed by atoms with E-state index in [1.807, 2.05) is 30.3 Å². The largest absolute Gasteiger partial charge is 0.444 e. The van der Waals surface area contributed by atoms with Crippen LogP contribution in [-0.4, -0.2) is 76.6 Å². The number of morpholine rings is 1. The Bertz CT molecular complexity index is 1320. The van der Waals surface area contributed by atoms with Gasteiger partial charge in [0, 0.05) is 24.8 Å². The Labute approximate surface area is 232 Å². The first-order valence-electron chi connectivity index (χ1n) is 13.0. The molecular weight excluding hydrogens is 514 g/mol. The van der Waals surface area contributed by atoms with E-state index in [0.717, 1.165) is 16.8 Å². The third-order valence-corrected chi connectivity index (χ3v) is 6.09. The zero-order chi connectivity index (χ0) is 28.7. The van der Waals surface area contributed by atoms with Gasteiger partial charge < -0.3 is 35.8 Å². The number of amides is 2. The molecule has 1 aromatic carbocycles. The van der Waals surface area contributed by atoms with Crippen molar-refractivity contribution < 1.29 is 24.2 Å². The number of hydrogen-bond donors (Lipinski definition) is 4. The second kappa shape index (κ2) is 12.7. The van der Waals surface area contributed by atoms with Gasteiger partial charge in [0.05, 0.1) is 55.3 Å². The monoisotopic (exact) mass is 549 g/mol. The standard InChI is InChI=1S/C28H35N7O5/c1-28(2,3)40-27(38)32-20(17-36)14-18-4-6-19(7-5-18)21-16-31-25(29)24(33-21)26(37)34-22-15-30-9-8-23(22)35-10-12-39-13-11-35/h4-9,15-16,20,36H,10-14,17H2,1-3H3,(H2,29,31)(H,32,38)(H,34,37). The van der Waals surface area contributed by atoms with Gasteiger partial charge >= 0.3 is 6.09 Å². The number of nitrogens with two attached hydrogens (primary N) is 1. The van der Waals surface area contributed by atoms with Gasteiger partial charge in [0.15, 0.2) is 11.5 Å². The first kappa shape index (κ1) is 28.7. The number of rotatable bonds is 8. The number of nitrogen functional groups attached to an aromatic ring is 1. The van der Waals surface area contributed by atoms with Gasteiger partial charge in [-0.2, -0.15) is 0 Å². The molecule has 0 saturated carbocycles. The van der Waals surface area contributed by atoms with Crippen molar-refractivity contribution in [3.05, 3.63) is 60.2 Å². The molecule has 12 nitrogen and oxygen atoms in total. The third-order valence-electron chi connectivity index (χ3n) is 6.09. The van der Waals surface area contributed by atoms with Crippen LogP contribution in [0.3, 0.4) is 0 Å². The summed E-state index contributed by atoms with van der Waals surface area (Å²) in [6.45, 7) is 7.70. The Kier molecular flexibility index (Phi) is 9.12. The minimum Gasteiger partial charge on any atom is -0.444 e. The van der Waals surface area contributed by atoms with Crippen LogP contribution in [0.2, 0.25) is 0 Å². The van der Waals surface area contributed by atoms with Gasteiger partial charge in [-0.05, 0) is 38.8 Å². The van der Waals surface area contributed by atoms with Gasteiger partial charge in [0.2, 0.25) is 0 Å². The summed E-state index contributed by atoms with van der Waals surface area (Å²) in [5.41, 5.74) is 8.85. The van der Waals surface area contributed by atoms with Crippen LogP contribution in [-0.2, 0) is 15.9 Å². The van der Waals surface area contributed by atoms with Crippen LogP contribution >= 0.6 is 0 Å². The van der Waals surface area contributed by atoms with Crippen LogP contribution < -0.4 is 21.3 Å². The molecule has 1 fully saturated rings. The first-order valence-corrected chi connectivity index (χ1v) is 13.0. The van der Waals surface area contributed by atoms with Crippen molar-refractivity contribution in [2.75, 3.05) is 48.9 Å². The number of alkyl carbamates (subject to hydrolysis) is 1. The SMILES string of the molecule is CC(C)(C)OC(=O)NC(CO)Cc1ccc(-c2cnc(N)c(C(=O)Nc3cnccc3N3CCOCC3)n2)cc1. The fraction of sp³-hybridized carbons (Fsp3) is 0.393. The summed E-state index contributed by atoms with van der Waals surface area (Å²) < 4.78 is 10.7. The highest BCUT2D eigenvalue weighted by atomic mass is 16.6. The number of aliphatic hydroxyl groups excluding tert-OH is 1. The van der Waals surface area contributed by atoms with E-state index in [0.29, 0.717) is 44.1 Å². The van der Waals surface area contributed by atoms with E-state index < -0.39 is 23.6 Å². The maximum atomic E-state index is 13.2. The van der Waals surface area contributed by atoms with Crippen molar-refractivity contribution in [1.29, 1.82) is 0 Å². The first-order chi connectivity index (χ1) is 19.1. The van der Waals surface area contributed by atoms with Gasteiger partial charge in [-0.15, -0.1) is 0 Å². The Morgan fingerprint density at radius 3 is 2.55 bits per heavy atom. The van der Waals surface area contributed by atoms with Crippen LogP contribution in [0, 0.1) is 0 Å². The molecule has 3 heterocycles. The highest BCUT2D eigenvalue weighted by molar-refractivity contribution is 6.07. The molecule has 1 atom stereocenters. The van der Waals surface area contributed by atoms with Crippen LogP contribution in [0.1, 0.15) is 36.8 Å². The molecule has 1 aliphatic rings. The molecule has 5 N–H and O–H groups in total. The molecule has 3 aromatic rings. The Balaban J connectivity index is 1.46. The number of benzene rings is 1. The molecule has 0 aliphatic carbocycles. The fourth-order valence-corrected chi connectivity index (χ4v) is 4.18. The van der Waals surface area contributed by atoms with Gasteiger partial charge in [0.1, 0.15) is 5.60 Å². The number of nitrogens with one attached hydrogen (secondary N) is 2. The number of carbonyl (C=O) groups excluding carboxylic acids is 2. The van der Waals surface area contributed by atoms with Gasteiger partial charge in [-0.25, -0.2) is 14.8 Å². The topological polar surface area (TPSA) is 165 Å². The summed E-state index contributed by atoms with van der Waals surface area (Å²) in [4.78, 5) is 40.2. The molecule has 1 unspecified atom stereocenters. The Morgan fingerprint density at radius 1 is 1.15 bits per heavy atom. The molecule has 0 bridgehead atoms. The molecule has 0 radical (unpaired) electrons. The number of ether oxygens (including phenoxy) is 2. The average molecular weight is 550 g/mol. The summed E-state index contributed by atoms with van der Waals surface area (Å²) in [5.74, 6) is -0.487. The third kappa shape index (κ3) is 7.64. The zero-order valence-corrected chi connectivity index (χ0v) is 22.9. The smallest absolute Gasteiger partial charge is 0.407 e. The molecule has 212 valence electrons. The molecule has 1 aliphatic heterocycles. The molecule has 12 heteroatoms. The van der Waals surface area contributed by atoms with Gasteiger partial charge in [-0.3, -0.25) is 9.78 Å². The molecule has 40 heavy (non-hydrogen) atoms. The van der Waals surface area contributed by atoms with Crippen molar-refractivity contribution in [1.82, 2.24) is 20.3 Å². The average Bonchev–Trinajstić information content (AvgIpc) is 2.93. The number of hydrogen-bond acceptors (Lipinski definition) is 10. The van der Waals surface area contributed by atoms with Crippen molar-refractivity contribution >= 4 is 29.2 Å².